The summed E-state index contributed by atoms with van der Waals surface area (Å²) in [7, 11) is 2.00. The third-order valence-electron chi connectivity index (χ3n) is 3.11. The van der Waals surface area contributed by atoms with Crippen LogP contribution in [-0.4, -0.2) is 20.2 Å². The monoisotopic (exact) mass is 235 g/mol. The van der Waals surface area contributed by atoms with Gasteiger partial charge in [0.15, 0.2) is 0 Å². The summed E-state index contributed by atoms with van der Waals surface area (Å²) in [5.41, 5.74) is 1.59. The van der Waals surface area contributed by atoms with E-state index in [0.29, 0.717) is 0 Å². The van der Waals surface area contributed by atoms with Gasteiger partial charge in [-0.05, 0) is 49.5 Å². The Morgan fingerprint density at radius 2 is 1.82 bits per heavy atom. The van der Waals surface area contributed by atoms with Gasteiger partial charge in [-0.2, -0.15) is 0 Å². The molecule has 0 aliphatic carbocycles. The van der Waals surface area contributed by atoms with Gasteiger partial charge < -0.3 is 10.1 Å². The quantitative estimate of drug-likeness (QED) is 0.782. The number of ether oxygens (including phenoxy) is 1. The Balaban J connectivity index is 2.65. The molecule has 2 heteroatoms. The predicted octanol–water partition coefficient (Wildman–Crippen LogP) is 3.36. The maximum absolute atomic E-state index is 5.59. The van der Waals surface area contributed by atoms with Crippen LogP contribution >= 0.6 is 0 Å². The van der Waals surface area contributed by atoms with Gasteiger partial charge in [-0.1, -0.05) is 32.9 Å². The van der Waals surface area contributed by atoms with Crippen LogP contribution in [0.4, 0.5) is 0 Å². The van der Waals surface area contributed by atoms with Crippen molar-refractivity contribution < 1.29 is 4.74 Å². The molecule has 0 atom stereocenters. The van der Waals surface area contributed by atoms with Gasteiger partial charge in [0.25, 0.3) is 0 Å². The molecular formula is C15H25NO. The van der Waals surface area contributed by atoms with Crippen LogP contribution in [0.1, 0.15) is 39.2 Å². The van der Waals surface area contributed by atoms with Crippen molar-refractivity contribution in [2.24, 2.45) is 0 Å². The molecule has 0 fully saturated rings. The van der Waals surface area contributed by atoms with Gasteiger partial charge in [0, 0.05) is 0 Å². The second kappa shape index (κ2) is 6.65. The van der Waals surface area contributed by atoms with E-state index in [4.69, 9.17) is 4.74 Å². The van der Waals surface area contributed by atoms with Crippen molar-refractivity contribution in [2.75, 3.05) is 20.2 Å². The van der Waals surface area contributed by atoms with E-state index < -0.39 is 0 Å². The van der Waals surface area contributed by atoms with Crippen LogP contribution in [0.5, 0.6) is 5.75 Å². The zero-order chi connectivity index (χ0) is 12.7. The van der Waals surface area contributed by atoms with E-state index in [0.717, 1.165) is 31.7 Å². The summed E-state index contributed by atoms with van der Waals surface area (Å²) in [6.45, 7) is 8.53. The molecule has 0 heterocycles. The van der Waals surface area contributed by atoms with E-state index in [1.165, 1.54) is 5.56 Å². The van der Waals surface area contributed by atoms with Crippen molar-refractivity contribution in [3.05, 3.63) is 29.8 Å². The smallest absolute Gasteiger partial charge is 0.119 e. The Morgan fingerprint density at radius 1 is 1.18 bits per heavy atom. The molecule has 1 aromatic rings. The van der Waals surface area contributed by atoms with Crippen molar-refractivity contribution in [3.8, 4) is 5.75 Å². The molecule has 1 N–H and O–H groups in total. The molecule has 2 nitrogen and oxygen atoms in total. The van der Waals surface area contributed by atoms with Crippen molar-refractivity contribution in [2.45, 2.75) is 39.0 Å². The Morgan fingerprint density at radius 3 is 2.35 bits per heavy atom. The molecule has 96 valence electrons. The van der Waals surface area contributed by atoms with Crippen molar-refractivity contribution >= 4 is 0 Å². The summed E-state index contributed by atoms with van der Waals surface area (Å²) in [4.78, 5) is 0. The fourth-order valence-electron chi connectivity index (χ4n) is 1.80. The summed E-state index contributed by atoms with van der Waals surface area (Å²) in [6.07, 6.45) is 2.19. The third kappa shape index (κ3) is 4.39. The van der Waals surface area contributed by atoms with E-state index in [9.17, 15) is 0 Å². The van der Waals surface area contributed by atoms with Gasteiger partial charge in [-0.3, -0.25) is 0 Å². The highest BCUT2D eigenvalue weighted by Crippen LogP contribution is 2.28. The molecule has 1 rings (SSSR count). The van der Waals surface area contributed by atoms with Crippen LogP contribution in [0.15, 0.2) is 24.3 Å². The van der Waals surface area contributed by atoms with Gasteiger partial charge in [0.05, 0.1) is 6.61 Å². The lowest BCUT2D eigenvalue weighted by Crippen LogP contribution is -2.23. The second-order valence-electron chi connectivity index (χ2n) is 5.11. The minimum Gasteiger partial charge on any atom is -0.494 e. The Hall–Kier alpha value is -1.02. The number of rotatable bonds is 7. The number of benzene rings is 1. The molecule has 1 aromatic carbocycles. The van der Waals surface area contributed by atoms with Crippen LogP contribution in [0, 0.1) is 0 Å². The molecule has 0 aliphatic rings. The molecule has 0 aliphatic heterocycles. The Labute approximate surface area is 105 Å². The number of hydrogen-bond donors (Lipinski definition) is 1. The summed E-state index contributed by atoms with van der Waals surface area (Å²) >= 11 is 0. The zero-order valence-electron chi connectivity index (χ0n) is 11.5. The highest BCUT2D eigenvalue weighted by Gasteiger charge is 2.19. The first-order valence-corrected chi connectivity index (χ1v) is 6.48. The Bertz CT molecular complexity index is 316. The number of nitrogens with one attached hydrogen (secondary N) is 1. The average molecular weight is 235 g/mol. The minimum atomic E-state index is 0.215. The first-order valence-electron chi connectivity index (χ1n) is 6.48. The van der Waals surface area contributed by atoms with Gasteiger partial charge in [-0.25, -0.2) is 0 Å². The molecule has 0 aromatic heterocycles. The Kier molecular flexibility index (Phi) is 5.49. The molecule has 0 saturated carbocycles. The summed E-state index contributed by atoms with van der Waals surface area (Å²) in [5, 5.41) is 3.21. The lowest BCUT2D eigenvalue weighted by molar-refractivity contribution is 0.317. The highest BCUT2D eigenvalue weighted by molar-refractivity contribution is 5.31. The minimum absolute atomic E-state index is 0.215. The van der Waals surface area contributed by atoms with Crippen LogP contribution < -0.4 is 10.1 Å². The zero-order valence-corrected chi connectivity index (χ0v) is 11.5. The fourth-order valence-corrected chi connectivity index (χ4v) is 1.80. The fraction of sp³-hybridized carbons (Fsp3) is 0.600. The molecule has 0 amide bonds. The van der Waals surface area contributed by atoms with E-state index in [1.807, 2.05) is 7.05 Å². The lowest BCUT2D eigenvalue weighted by atomic mass is 9.81. The topological polar surface area (TPSA) is 21.3 Å². The van der Waals surface area contributed by atoms with E-state index >= 15 is 0 Å². The molecule has 0 spiro atoms. The standard InChI is InChI=1S/C15H25NO/c1-5-12-17-14-8-6-13(7-9-14)15(2,3)10-11-16-4/h6-9,16H,5,10-12H2,1-4H3. The SMILES string of the molecule is CCCOc1ccc(C(C)(C)CCNC)cc1. The van der Waals surface area contributed by atoms with Gasteiger partial charge in [0.1, 0.15) is 5.75 Å². The van der Waals surface area contributed by atoms with Crippen molar-refractivity contribution in [3.63, 3.8) is 0 Å². The van der Waals surface area contributed by atoms with E-state index in [1.54, 1.807) is 0 Å². The second-order valence-corrected chi connectivity index (χ2v) is 5.11. The average Bonchev–Trinajstić information content (AvgIpc) is 2.34. The van der Waals surface area contributed by atoms with Crippen molar-refractivity contribution in [1.82, 2.24) is 5.32 Å². The first kappa shape index (κ1) is 14.0. The largest absolute Gasteiger partial charge is 0.494 e. The number of hydrogen-bond acceptors (Lipinski definition) is 2. The summed E-state index contributed by atoms with van der Waals surface area (Å²) in [6, 6.07) is 8.51. The molecule has 0 unspecified atom stereocenters. The van der Waals surface area contributed by atoms with Gasteiger partial charge in [-0.15, -0.1) is 0 Å². The van der Waals surface area contributed by atoms with Crippen molar-refractivity contribution in [1.29, 1.82) is 0 Å². The third-order valence-corrected chi connectivity index (χ3v) is 3.11. The van der Waals surface area contributed by atoms with E-state index in [2.05, 4.69) is 50.4 Å². The van der Waals surface area contributed by atoms with Crippen LogP contribution in [-0.2, 0) is 5.41 Å². The maximum Gasteiger partial charge on any atom is 0.119 e. The lowest BCUT2D eigenvalue weighted by Gasteiger charge is -2.25. The normalized spacial score (nSPS) is 11.5. The molecule has 0 saturated heterocycles. The van der Waals surface area contributed by atoms with Crippen LogP contribution in [0.3, 0.4) is 0 Å². The molecular weight excluding hydrogens is 210 g/mol. The highest BCUT2D eigenvalue weighted by atomic mass is 16.5. The summed E-state index contributed by atoms with van der Waals surface area (Å²) < 4.78 is 5.59. The van der Waals surface area contributed by atoms with Crippen LogP contribution in [0.25, 0.3) is 0 Å². The van der Waals surface area contributed by atoms with E-state index in [-0.39, 0.29) is 5.41 Å². The van der Waals surface area contributed by atoms with Gasteiger partial charge in [0.2, 0.25) is 0 Å². The van der Waals surface area contributed by atoms with Crippen LogP contribution in [0.2, 0.25) is 0 Å². The summed E-state index contributed by atoms with van der Waals surface area (Å²) in [5.74, 6) is 0.972. The molecule has 0 bridgehead atoms. The van der Waals surface area contributed by atoms with Gasteiger partial charge >= 0.3 is 0 Å². The predicted molar refractivity (Wildman–Crippen MR) is 73.8 cm³/mol. The first-order chi connectivity index (χ1) is 8.10. The maximum atomic E-state index is 5.59. The molecule has 17 heavy (non-hydrogen) atoms. The molecule has 0 radical (unpaired) electrons.